The number of nitrogens with two attached hydrogens (primary N) is 1. The number of nitrogen functional groups attached to an aromatic ring is 1. The molecule has 4 aromatic rings. The van der Waals surface area contributed by atoms with Crippen LogP contribution in [0.5, 0.6) is 0 Å². The fourth-order valence-corrected chi connectivity index (χ4v) is 4.23. The van der Waals surface area contributed by atoms with Gasteiger partial charge in [0, 0.05) is 43.8 Å². The Morgan fingerprint density at radius 2 is 1.97 bits per heavy atom. The summed E-state index contributed by atoms with van der Waals surface area (Å²) in [4.78, 5) is 10.7. The van der Waals surface area contributed by atoms with Crippen molar-refractivity contribution >= 4 is 34.4 Å². The number of hydrazone groups is 1. The molecule has 1 saturated heterocycles. The van der Waals surface area contributed by atoms with Gasteiger partial charge >= 0.3 is 0 Å². The molecule has 186 valence electrons. The summed E-state index contributed by atoms with van der Waals surface area (Å²) >= 11 is 0. The lowest BCUT2D eigenvalue weighted by Crippen LogP contribution is -2.45. The maximum absolute atomic E-state index is 13.6. The Morgan fingerprint density at radius 3 is 2.78 bits per heavy atom. The van der Waals surface area contributed by atoms with Gasteiger partial charge in [0.25, 0.3) is 0 Å². The molecule has 0 atom stereocenters. The summed E-state index contributed by atoms with van der Waals surface area (Å²) < 4.78 is 15.4. The van der Waals surface area contributed by atoms with Crippen LogP contribution < -0.4 is 11.1 Å². The van der Waals surface area contributed by atoms with Crippen molar-refractivity contribution in [2.24, 2.45) is 5.10 Å². The van der Waals surface area contributed by atoms with Gasteiger partial charge in [0.1, 0.15) is 23.8 Å². The molecule has 1 aliphatic heterocycles. The first-order valence-electron chi connectivity index (χ1n) is 11.8. The largest absolute Gasteiger partial charge is 0.395 e. The summed E-state index contributed by atoms with van der Waals surface area (Å²) in [6, 6.07) is 12.4. The van der Waals surface area contributed by atoms with E-state index < -0.39 is 0 Å². The van der Waals surface area contributed by atoms with E-state index in [4.69, 9.17) is 10.8 Å². The lowest BCUT2D eigenvalue weighted by atomic mass is 10.2. The van der Waals surface area contributed by atoms with Crippen molar-refractivity contribution in [3.63, 3.8) is 0 Å². The standard InChI is InChI=1S/C25H28FN9O/c26-20-3-1-2-18(12-20)16-35-23-5-4-21(13-19(23)14-31-35)32-25-22(24(27)28-17-29-25)15-30-34-8-6-33(7-9-34)10-11-36/h1-5,12-15,17,36H,6-11,16H2,(H3,27,28,29,32)/b30-15-. The third kappa shape index (κ3) is 5.42. The molecule has 11 heteroatoms. The van der Waals surface area contributed by atoms with Gasteiger partial charge in [-0.2, -0.15) is 10.2 Å². The predicted molar refractivity (Wildman–Crippen MR) is 138 cm³/mol. The minimum Gasteiger partial charge on any atom is -0.395 e. The van der Waals surface area contributed by atoms with E-state index in [0.29, 0.717) is 30.3 Å². The number of hydrogen-bond acceptors (Lipinski definition) is 9. The highest BCUT2D eigenvalue weighted by atomic mass is 19.1. The number of nitrogens with one attached hydrogen (secondary N) is 1. The molecule has 4 N–H and O–H groups in total. The number of hydrogen-bond donors (Lipinski definition) is 3. The summed E-state index contributed by atoms with van der Waals surface area (Å²) in [6.45, 7) is 4.54. The smallest absolute Gasteiger partial charge is 0.144 e. The van der Waals surface area contributed by atoms with Gasteiger partial charge < -0.3 is 16.2 Å². The molecule has 0 saturated carbocycles. The van der Waals surface area contributed by atoms with Crippen LogP contribution in [0, 0.1) is 5.82 Å². The van der Waals surface area contributed by atoms with Gasteiger partial charge in [-0.15, -0.1) is 0 Å². The molecular weight excluding hydrogens is 461 g/mol. The second-order valence-corrected chi connectivity index (χ2v) is 8.62. The van der Waals surface area contributed by atoms with Crippen LogP contribution in [0.4, 0.5) is 21.7 Å². The maximum atomic E-state index is 13.6. The van der Waals surface area contributed by atoms with E-state index in [0.717, 1.165) is 48.3 Å². The number of anilines is 3. The number of β-amino-alcohol motifs (C(OH)–C–C–N with tert-alkyl or cyclic N) is 1. The fourth-order valence-electron chi connectivity index (χ4n) is 4.23. The zero-order valence-electron chi connectivity index (χ0n) is 19.8. The summed E-state index contributed by atoms with van der Waals surface area (Å²) in [6.07, 6.45) is 4.89. The number of aromatic nitrogens is 4. The van der Waals surface area contributed by atoms with Crippen molar-refractivity contribution in [2.75, 3.05) is 50.4 Å². The molecular formula is C25H28FN9O. The second-order valence-electron chi connectivity index (χ2n) is 8.62. The Bertz CT molecular complexity index is 1360. The number of fused-ring (bicyclic) bond motifs is 1. The van der Waals surface area contributed by atoms with Gasteiger partial charge in [-0.25, -0.2) is 14.4 Å². The van der Waals surface area contributed by atoms with Crippen LogP contribution in [0.15, 0.2) is 60.1 Å². The van der Waals surface area contributed by atoms with Crippen LogP contribution in [0.1, 0.15) is 11.1 Å². The first-order chi connectivity index (χ1) is 17.6. The highest BCUT2D eigenvalue weighted by Gasteiger charge is 2.15. The van der Waals surface area contributed by atoms with Gasteiger partial charge in [0.05, 0.1) is 36.6 Å². The summed E-state index contributed by atoms with van der Waals surface area (Å²) in [7, 11) is 0. The fraction of sp³-hybridized carbons (Fsp3) is 0.280. The van der Waals surface area contributed by atoms with Crippen LogP contribution in [0.2, 0.25) is 0 Å². The summed E-state index contributed by atoms with van der Waals surface area (Å²) in [5.41, 5.74) is 9.36. The van der Waals surface area contributed by atoms with Crippen molar-refractivity contribution in [1.82, 2.24) is 29.7 Å². The molecule has 0 spiro atoms. The average Bonchev–Trinajstić information content (AvgIpc) is 3.26. The van der Waals surface area contributed by atoms with Gasteiger partial charge in [-0.05, 0) is 35.9 Å². The number of aliphatic hydroxyl groups excluding tert-OH is 1. The lowest BCUT2D eigenvalue weighted by molar-refractivity contribution is 0.115. The molecule has 1 fully saturated rings. The molecule has 3 heterocycles. The molecule has 0 unspecified atom stereocenters. The molecule has 10 nitrogen and oxygen atoms in total. The molecule has 0 amide bonds. The Hall–Kier alpha value is -4.09. The van der Waals surface area contributed by atoms with Gasteiger partial charge in [-0.3, -0.25) is 14.6 Å². The second kappa shape index (κ2) is 10.7. The predicted octanol–water partition coefficient (Wildman–Crippen LogP) is 2.28. The zero-order valence-corrected chi connectivity index (χ0v) is 19.8. The molecule has 36 heavy (non-hydrogen) atoms. The Kier molecular flexibility index (Phi) is 7.01. The van der Waals surface area contributed by atoms with E-state index >= 15 is 0 Å². The summed E-state index contributed by atoms with van der Waals surface area (Å²) in [5, 5.41) is 24.4. The average molecular weight is 490 g/mol. The normalized spacial score (nSPS) is 14.7. The maximum Gasteiger partial charge on any atom is 0.144 e. The van der Waals surface area contributed by atoms with E-state index in [1.807, 2.05) is 34.0 Å². The van der Waals surface area contributed by atoms with Crippen LogP contribution in [0.3, 0.4) is 0 Å². The highest BCUT2D eigenvalue weighted by molar-refractivity contribution is 5.93. The van der Waals surface area contributed by atoms with E-state index in [9.17, 15) is 4.39 Å². The van der Waals surface area contributed by atoms with Crippen molar-refractivity contribution < 1.29 is 9.50 Å². The van der Waals surface area contributed by atoms with Crippen LogP contribution in [-0.4, -0.2) is 80.3 Å². The van der Waals surface area contributed by atoms with E-state index in [1.54, 1.807) is 18.5 Å². The third-order valence-corrected chi connectivity index (χ3v) is 6.16. The molecule has 2 aromatic heterocycles. The minimum absolute atomic E-state index is 0.162. The molecule has 0 radical (unpaired) electrons. The first-order valence-corrected chi connectivity index (χ1v) is 11.8. The van der Waals surface area contributed by atoms with E-state index in [1.165, 1.54) is 18.5 Å². The van der Waals surface area contributed by atoms with Crippen LogP contribution in [-0.2, 0) is 6.54 Å². The van der Waals surface area contributed by atoms with E-state index in [2.05, 4.69) is 30.4 Å². The van der Waals surface area contributed by atoms with Crippen molar-refractivity contribution in [2.45, 2.75) is 6.54 Å². The lowest BCUT2D eigenvalue weighted by Gasteiger charge is -2.32. The number of halogens is 1. The number of piperazine rings is 1. The Morgan fingerprint density at radius 1 is 1.11 bits per heavy atom. The van der Waals surface area contributed by atoms with Gasteiger partial charge in [0.15, 0.2) is 0 Å². The number of benzene rings is 2. The monoisotopic (exact) mass is 489 g/mol. The molecule has 5 rings (SSSR count). The van der Waals surface area contributed by atoms with Gasteiger partial charge in [0.2, 0.25) is 0 Å². The van der Waals surface area contributed by atoms with Crippen molar-refractivity contribution in [3.05, 3.63) is 71.9 Å². The molecule has 2 aromatic carbocycles. The number of rotatable bonds is 8. The Balaban J connectivity index is 1.31. The quantitative estimate of drug-likeness (QED) is 0.323. The number of nitrogens with zero attached hydrogens (tertiary/aromatic N) is 7. The van der Waals surface area contributed by atoms with Crippen LogP contribution in [0.25, 0.3) is 10.9 Å². The van der Waals surface area contributed by atoms with Crippen molar-refractivity contribution in [3.8, 4) is 0 Å². The van der Waals surface area contributed by atoms with Gasteiger partial charge in [-0.1, -0.05) is 12.1 Å². The zero-order chi connectivity index (χ0) is 24.9. The number of aliphatic hydroxyl groups is 1. The topological polar surface area (TPSA) is 121 Å². The third-order valence-electron chi connectivity index (χ3n) is 6.16. The highest BCUT2D eigenvalue weighted by Crippen LogP contribution is 2.25. The van der Waals surface area contributed by atoms with Crippen molar-refractivity contribution in [1.29, 1.82) is 0 Å². The molecule has 0 bridgehead atoms. The molecule has 1 aliphatic rings. The Labute approximate surface area is 207 Å². The summed E-state index contributed by atoms with van der Waals surface area (Å²) in [5.74, 6) is 0.624. The SMILES string of the molecule is Nc1ncnc(Nc2ccc3c(cnn3Cc3cccc(F)c3)c2)c1/C=N\N1CCN(CCO)CC1. The van der Waals surface area contributed by atoms with E-state index in [-0.39, 0.29) is 12.4 Å². The first kappa shape index (κ1) is 23.6. The van der Waals surface area contributed by atoms with Crippen LogP contribution >= 0.6 is 0 Å². The molecule has 0 aliphatic carbocycles. The minimum atomic E-state index is -0.261.